The molecule has 0 amide bonds. The van der Waals surface area contributed by atoms with Crippen molar-refractivity contribution in [1.29, 1.82) is 0 Å². The standard InChI is InChI=1S/C53H33NS/c1-2-12-33(13-3-1)35-24-27-39(28-25-35)54-47-20-10-8-17-41(47)45-31-37(26-29-48(45)54)44-32-46-40-16-6-7-18-42(40)50(38-23-22-34-14-4-5-15-36(34)30-38)51(46)52-43-19-9-11-21-49(43)55-53(44)52/h1-32,50H. The number of hydrogen-bond acceptors (Lipinski definition) is 1. The van der Waals surface area contributed by atoms with Crippen molar-refractivity contribution >= 4 is 64.1 Å². The minimum atomic E-state index is 0.152. The maximum absolute atomic E-state index is 2.51. The van der Waals surface area contributed by atoms with Crippen molar-refractivity contribution in [2.45, 2.75) is 5.92 Å². The van der Waals surface area contributed by atoms with Crippen molar-refractivity contribution in [3.8, 4) is 39.1 Å². The topological polar surface area (TPSA) is 4.93 Å². The van der Waals surface area contributed by atoms with Crippen molar-refractivity contribution in [3.05, 3.63) is 211 Å². The molecule has 2 aromatic heterocycles. The Balaban J connectivity index is 1.09. The lowest BCUT2D eigenvalue weighted by molar-refractivity contribution is 1.03. The number of benzene rings is 9. The number of rotatable bonds is 4. The Morgan fingerprint density at radius 3 is 2.00 bits per heavy atom. The minimum Gasteiger partial charge on any atom is -0.309 e. The van der Waals surface area contributed by atoms with Gasteiger partial charge in [-0.15, -0.1) is 11.3 Å². The largest absolute Gasteiger partial charge is 0.309 e. The Hall–Kier alpha value is -6.74. The first-order chi connectivity index (χ1) is 27.3. The molecule has 2 heteroatoms. The van der Waals surface area contributed by atoms with Crippen LogP contribution < -0.4 is 0 Å². The second-order valence-electron chi connectivity index (χ2n) is 14.8. The molecule has 0 fully saturated rings. The Kier molecular flexibility index (Phi) is 6.63. The summed E-state index contributed by atoms with van der Waals surface area (Å²) in [5.74, 6) is 0.152. The Labute approximate surface area is 323 Å². The number of fused-ring (bicyclic) bond motifs is 11. The molecule has 0 radical (unpaired) electrons. The van der Waals surface area contributed by atoms with Crippen molar-refractivity contribution in [1.82, 2.24) is 4.57 Å². The average Bonchev–Trinajstić information content (AvgIpc) is 3.91. The summed E-state index contributed by atoms with van der Waals surface area (Å²) in [6.45, 7) is 0. The summed E-state index contributed by atoms with van der Waals surface area (Å²) >= 11 is 1.93. The van der Waals surface area contributed by atoms with Crippen LogP contribution in [0, 0.1) is 0 Å². The summed E-state index contributed by atoms with van der Waals surface area (Å²) in [6, 6.07) is 72.0. The van der Waals surface area contributed by atoms with Gasteiger partial charge in [0.05, 0.1) is 11.0 Å². The highest BCUT2D eigenvalue weighted by Gasteiger charge is 2.34. The second-order valence-corrected chi connectivity index (χ2v) is 15.9. The minimum absolute atomic E-state index is 0.152. The molecule has 0 aliphatic heterocycles. The van der Waals surface area contributed by atoms with Crippen LogP contribution in [0.4, 0.5) is 0 Å². The van der Waals surface area contributed by atoms with E-state index in [0.717, 1.165) is 0 Å². The smallest absolute Gasteiger partial charge is 0.0541 e. The molecule has 11 aromatic rings. The third-order valence-electron chi connectivity index (χ3n) is 11.9. The summed E-state index contributed by atoms with van der Waals surface area (Å²) in [5.41, 5.74) is 15.5. The van der Waals surface area contributed by atoms with Crippen LogP contribution in [0.3, 0.4) is 0 Å². The molecule has 0 spiro atoms. The number of aromatic nitrogens is 1. The van der Waals surface area contributed by atoms with E-state index in [1.807, 2.05) is 11.3 Å². The molecule has 1 aliphatic rings. The van der Waals surface area contributed by atoms with E-state index in [1.165, 1.54) is 109 Å². The van der Waals surface area contributed by atoms with Crippen LogP contribution in [0.25, 0.3) is 91.8 Å². The molecule has 1 unspecified atom stereocenters. The maximum atomic E-state index is 2.51. The van der Waals surface area contributed by atoms with Gasteiger partial charge in [0, 0.05) is 48.1 Å². The van der Waals surface area contributed by atoms with E-state index in [1.54, 1.807) is 0 Å². The van der Waals surface area contributed by atoms with Crippen LogP contribution in [-0.2, 0) is 0 Å². The number of nitrogens with zero attached hydrogens (tertiary/aromatic N) is 1. The third kappa shape index (κ3) is 4.59. The molecule has 1 nitrogen and oxygen atoms in total. The SMILES string of the molecule is c1ccc(-c2ccc(-n3c4ccccc4c4cc(-c5cc6c(c7c5sc5ccccc57)C(c5ccc7ccccc7c5)c5ccccc5-6)ccc43)cc2)cc1. The third-order valence-corrected chi connectivity index (χ3v) is 13.1. The normalized spacial score (nSPS) is 13.6. The molecule has 0 saturated carbocycles. The Morgan fingerprint density at radius 1 is 0.418 bits per heavy atom. The molecule has 2 heterocycles. The number of para-hydroxylation sites is 1. The second kappa shape index (κ2) is 11.9. The van der Waals surface area contributed by atoms with Crippen LogP contribution >= 0.6 is 11.3 Å². The van der Waals surface area contributed by atoms with Gasteiger partial charge >= 0.3 is 0 Å². The fraction of sp³-hybridized carbons (Fsp3) is 0.0189. The highest BCUT2D eigenvalue weighted by Crippen LogP contribution is 2.56. The van der Waals surface area contributed by atoms with E-state index in [0.29, 0.717) is 0 Å². The van der Waals surface area contributed by atoms with E-state index in [2.05, 4.69) is 199 Å². The molecular weight excluding hydrogens is 683 g/mol. The first-order valence-corrected chi connectivity index (χ1v) is 19.9. The fourth-order valence-electron chi connectivity index (χ4n) is 9.40. The van der Waals surface area contributed by atoms with Crippen LogP contribution in [0.2, 0.25) is 0 Å². The van der Waals surface area contributed by atoms with Gasteiger partial charge in [0.1, 0.15) is 0 Å². The van der Waals surface area contributed by atoms with Gasteiger partial charge in [0.15, 0.2) is 0 Å². The van der Waals surface area contributed by atoms with Crippen LogP contribution in [0.15, 0.2) is 194 Å². The van der Waals surface area contributed by atoms with Crippen molar-refractivity contribution in [3.63, 3.8) is 0 Å². The van der Waals surface area contributed by atoms with E-state index >= 15 is 0 Å². The Bertz CT molecular complexity index is 3310. The van der Waals surface area contributed by atoms with E-state index in [4.69, 9.17) is 0 Å². The predicted octanol–water partition coefficient (Wildman–Crippen LogP) is 14.8. The molecular formula is C53H33NS. The highest BCUT2D eigenvalue weighted by atomic mass is 32.1. The van der Waals surface area contributed by atoms with Gasteiger partial charge in [-0.2, -0.15) is 0 Å². The zero-order valence-corrected chi connectivity index (χ0v) is 30.7. The summed E-state index contributed by atoms with van der Waals surface area (Å²) in [6.07, 6.45) is 0. The van der Waals surface area contributed by atoms with E-state index in [-0.39, 0.29) is 5.92 Å². The molecule has 9 aromatic carbocycles. The van der Waals surface area contributed by atoms with E-state index < -0.39 is 0 Å². The molecule has 12 rings (SSSR count). The molecule has 0 N–H and O–H groups in total. The summed E-state index contributed by atoms with van der Waals surface area (Å²) in [7, 11) is 0. The van der Waals surface area contributed by atoms with Gasteiger partial charge in [-0.25, -0.2) is 0 Å². The van der Waals surface area contributed by atoms with Crippen LogP contribution in [-0.4, -0.2) is 4.57 Å². The van der Waals surface area contributed by atoms with Gasteiger partial charge in [-0.1, -0.05) is 152 Å². The molecule has 1 aliphatic carbocycles. The molecule has 256 valence electrons. The lowest BCUT2D eigenvalue weighted by Crippen LogP contribution is -2.00. The Morgan fingerprint density at radius 2 is 1.11 bits per heavy atom. The quantitative estimate of drug-likeness (QED) is 0.171. The molecule has 1 atom stereocenters. The van der Waals surface area contributed by atoms with Crippen molar-refractivity contribution in [2.24, 2.45) is 0 Å². The predicted molar refractivity (Wildman–Crippen MR) is 235 cm³/mol. The first-order valence-electron chi connectivity index (χ1n) is 19.0. The monoisotopic (exact) mass is 715 g/mol. The van der Waals surface area contributed by atoms with Crippen molar-refractivity contribution in [2.75, 3.05) is 0 Å². The zero-order valence-electron chi connectivity index (χ0n) is 29.9. The first kappa shape index (κ1) is 30.7. The van der Waals surface area contributed by atoms with Gasteiger partial charge in [0.25, 0.3) is 0 Å². The summed E-state index contributed by atoms with van der Waals surface area (Å²) in [4.78, 5) is 0. The van der Waals surface area contributed by atoms with Gasteiger partial charge < -0.3 is 4.57 Å². The van der Waals surface area contributed by atoms with Crippen LogP contribution in [0.5, 0.6) is 0 Å². The maximum Gasteiger partial charge on any atom is 0.0541 e. The summed E-state index contributed by atoms with van der Waals surface area (Å²) < 4.78 is 5.11. The lowest BCUT2D eigenvalue weighted by Gasteiger charge is -2.18. The fourth-order valence-corrected chi connectivity index (χ4v) is 10.7. The van der Waals surface area contributed by atoms with E-state index in [9.17, 15) is 0 Å². The lowest BCUT2D eigenvalue weighted by atomic mass is 9.85. The molecule has 0 bridgehead atoms. The van der Waals surface area contributed by atoms with Gasteiger partial charge in [-0.3, -0.25) is 0 Å². The molecule has 0 saturated heterocycles. The molecule has 55 heavy (non-hydrogen) atoms. The highest BCUT2D eigenvalue weighted by molar-refractivity contribution is 7.26. The van der Waals surface area contributed by atoms with Gasteiger partial charge in [0.2, 0.25) is 0 Å². The zero-order chi connectivity index (χ0) is 36.0. The summed E-state index contributed by atoms with van der Waals surface area (Å²) in [5, 5.41) is 7.83. The average molecular weight is 716 g/mol. The van der Waals surface area contributed by atoms with Crippen molar-refractivity contribution < 1.29 is 0 Å². The van der Waals surface area contributed by atoms with Gasteiger partial charge in [-0.05, 0) is 97.7 Å². The van der Waals surface area contributed by atoms with Crippen LogP contribution in [0.1, 0.15) is 22.6 Å². The number of hydrogen-bond donors (Lipinski definition) is 0. The number of thiophene rings is 1.